The molecule has 3 aromatic rings. The van der Waals surface area contributed by atoms with Crippen LogP contribution in [0.4, 0.5) is 0 Å². The van der Waals surface area contributed by atoms with Crippen LogP contribution in [0.15, 0.2) is 46.9 Å². The maximum absolute atomic E-state index is 9.76. The van der Waals surface area contributed by atoms with E-state index in [1.165, 1.54) is 0 Å². The van der Waals surface area contributed by atoms with Gasteiger partial charge in [0.15, 0.2) is 0 Å². The van der Waals surface area contributed by atoms with Gasteiger partial charge in [-0.2, -0.15) is 0 Å². The summed E-state index contributed by atoms with van der Waals surface area (Å²) in [6.45, 7) is 0. The molecule has 0 unspecified atom stereocenters. The zero-order valence-electron chi connectivity index (χ0n) is 10.0. The average molecular weight is 307 g/mol. The molecular formula is C14H8Cl2N2O2. The van der Waals surface area contributed by atoms with E-state index in [-0.39, 0.29) is 17.5 Å². The Hall–Kier alpha value is -2.04. The Morgan fingerprint density at radius 1 is 0.900 bits per heavy atom. The van der Waals surface area contributed by atoms with Gasteiger partial charge in [-0.1, -0.05) is 35.3 Å². The molecule has 0 saturated carbocycles. The molecule has 0 atom stereocenters. The molecule has 0 aliphatic rings. The van der Waals surface area contributed by atoms with Crippen molar-refractivity contribution < 1.29 is 9.52 Å². The number of hydrogen-bond donors (Lipinski definition) is 1. The number of rotatable bonds is 2. The van der Waals surface area contributed by atoms with Crippen LogP contribution >= 0.6 is 23.2 Å². The first-order valence-corrected chi connectivity index (χ1v) is 6.48. The van der Waals surface area contributed by atoms with E-state index >= 15 is 0 Å². The predicted molar refractivity (Wildman–Crippen MR) is 76.9 cm³/mol. The summed E-state index contributed by atoms with van der Waals surface area (Å²) in [6, 6.07) is 11.7. The molecule has 2 aromatic carbocycles. The molecule has 0 spiro atoms. The largest absolute Gasteiger partial charge is 0.507 e. The third-order valence-corrected chi connectivity index (χ3v) is 3.27. The standard InChI is InChI=1S/C14H8Cl2N2O2/c15-8-5-6-9(11(16)7-8)13-17-18-14(20-13)10-3-1-2-4-12(10)19/h1-7,19H. The SMILES string of the molecule is Oc1ccccc1-c1nnc(-c2ccc(Cl)cc2Cl)o1. The number of aromatic hydroxyl groups is 1. The summed E-state index contributed by atoms with van der Waals surface area (Å²) in [7, 11) is 0. The van der Waals surface area contributed by atoms with Crippen molar-refractivity contribution in [3.8, 4) is 28.7 Å². The molecule has 0 bridgehead atoms. The van der Waals surface area contributed by atoms with Crippen LogP contribution < -0.4 is 0 Å². The van der Waals surface area contributed by atoms with Crippen molar-refractivity contribution in [2.24, 2.45) is 0 Å². The number of phenolic OH excluding ortho intramolecular Hbond substituents is 1. The molecule has 0 amide bonds. The molecule has 4 nitrogen and oxygen atoms in total. The molecular weight excluding hydrogens is 299 g/mol. The van der Waals surface area contributed by atoms with E-state index in [0.29, 0.717) is 21.2 Å². The number of benzene rings is 2. The van der Waals surface area contributed by atoms with Gasteiger partial charge < -0.3 is 9.52 Å². The van der Waals surface area contributed by atoms with Gasteiger partial charge in [-0.05, 0) is 30.3 Å². The molecule has 20 heavy (non-hydrogen) atoms. The van der Waals surface area contributed by atoms with Gasteiger partial charge in [-0.15, -0.1) is 10.2 Å². The van der Waals surface area contributed by atoms with Crippen LogP contribution in [-0.4, -0.2) is 15.3 Å². The van der Waals surface area contributed by atoms with Crippen molar-refractivity contribution in [3.05, 3.63) is 52.5 Å². The lowest BCUT2D eigenvalue weighted by atomic mass is 10.2. The number of nitrogens with zero attached hydrogens (tertiary/aromatic N) is 2. The van der Waals surface area contributed by atoms with E-state index in [0.717, 1.165) is 0 Å². The second kappa shape index (κ2) is 5.15. The summed E-state index contributed by atoms with van der Waals surface area (Å²) in [5.74, 6) is 0.568. The predicted octanol–water partition coefficient (Wildman–Crippen LogP) is 4.42. The molecule has 1 heterocycles. The van der Waals surface area contributed by atoms with Crippen LogP contribution in [0.1, 0.15) is 0 Å². The molecule has 0 aliphatic heterocycles. The zero-order valence-corrected chi connectivity index (χ0v) is 11.6. The van der Waals surface area contributed by atoms with Crippen molar-refractivity contribution in [1.82, 2.24) is 10.2 Å². The van der Waals surface area contributed by atoms with E-state index in [2.05, 4.69) is 10.2 Å². The van der Waals surface area contributed by atoms with Gasteiger partial charge in [0.1, 0.15) is 5.75 Å². The zero-order chi connectivity index (χ0) is 14.1. The Bertz CT molecular complexity index is 771. The van der Waals surface area contributed by atoms with Gasteiger partial charge in [-0.25, -0.2) is 0 Å². The third kappa shape index (κ3) is 2.35. The van der Waals surface area contributed by atoms with Crippen molar-refractivity contribution in [1.29, 1.82) is 0 Å². The molecule has 1 N–H and O–H groups in total. The number of halogens is 2. The Kier molecular flexibility index (Phi) is 3.34. The average Bonchev–Trinajstić information content (AvgIpc) is 2.88. The van der Waals surface area contributed by atoms with Crippen LogP contribution in [0.25, 0.3) is 22.9 Å². The van der Waals surface area contributed by atoms with E-state index in [9.17, 15) is 5.11 Å². The molecule has 0 fully saturated rings. The quantitative estimate of drug-likeness (QED) is 0.761. The van der Waals surface area contributed by atoms with Crippen molar-refractivity contribution in [2.45, 2.75) is 0 Å². The first kappa shape index (κ1) is 13.0. The first-order chi connectivity index (χ1) is 9.65. The fourth-order valence-electron chi connectivity index (χ4n) is 1.76. The topological polar surface area (TPSA) is 59.2 Å². The van der Waals surface area contributed by atoms with Gasteiger partial charge in [0.2, 0.25) is 5.89 Å². The minimum absolute atomic E-state index is 0.0740. The minimum atomic E-state index is 0.0740. The Morgan fingerprint density at radius 2 is 1.60 bits per heavy atom. The van der Waals surface area contributed by atoms with E-state index < -0.39 is 0 Å². The maximum atomic E-state index is 9.76. The summed E-state index contributed by atoms with van der Waals surface area (Å²) in [5.41, 5.74) is 1.06. The molecule has 0 aliphatic carbocycles. The Balaban J connectivity index is 2.04. The lowest BCUT2D eigenvalue weighted by Gasteiger charge is -2.00. The highest BCUT2D eigenvalue weighted by atomic mass is 35.5. The highest BCUT2D eigenvalue weighted by Crippen LogP contribution is 2.33. The Morgan fingerprint density at radius 3 is 2.30 bits per heavy atom. The fourth-order valence-corrected chi connectivity index (χ4v) is 2.25. The van der Waals surface area contributed by atoms with Crippen molar-refractivity contribution in [3.63, 3.8) is 0 Å². The summed E-state index contributed by atoms with van der Waals surface area (Å²) in [6.07, 6.45) is 0. The molecule has 0 radical (unpaired) electrons. The van der Waals surface area contributed by atoms with E-state index in [4.69, 9.17) is 27.6 Å². The lowest BCUT2D eigenvalue weighted by molar-refractivity contribution is 0.473. The number of hydrogen-bond acceptors (Lipinski definition) is 4. The molecule has 3 rings (SSSR count). The number of para-hydroxylation sites is 1. The van der Waals surface area contributed by atoms with Gasteiger partial charge in [0, 0.05) is 5.02 Å². The summed E-state index contributed by atoms with van der Waals surface area (Å²) in [5, 5.41) is 18.6. The highest BCUT2D eigenvalue weighted by molar-refractivity contribution is 6.36. The van der Waals surface area contributed by atoms with Crippen LogP contribution in [-0.2, 0) is 0 Å². The number of aromatic nitrogens is 2. The van der Waals surface area contributed by atoms with Gasteiger partial charge >= 0.3 is 0 Å². The summed E-state index contributed by atoms with van der Waals surface area (Å²) in [4.78, 5) is 0. The molecule has 6 heteroatoms. The second-order valence-electron chi connectivity index (χ2n) is 4.05. The number of phenols is 1. The van der Waals surface area contributed by atoms with Crippen LogP contribution in [0.5, 0.6) is 5.75 Å². The third-order valence-electron chi connectivity index (χ3n) is 2.72. The van der Waals surface area contributed by atoms with Crippen LogP contribution in [0.3, 0.4) is 0 Å². The lowest BCUT2D eigenvalue weighted by Crippen LogP contribution is -1.79. The smallest absolute Gasteiger partial charge is 0.251 e. The van der Waals surface area contributed by atoms with Gasteiger partial charge in [-0.3, -0.25) is 0 Å². The second-order valence-corrected chi connectivity index (χ2v) is 4.90. The van der Waals surface area contributed by atoms with Crippen molar-refractivity contribution >= 4 is 23.2 Å². The first-order valence-electron chi connectivity index (χ1n) is 5.72. The molecule has 100 valence electrons. The van der Waals surface area contributed by atoms with Crippen LogP contribution in [0.2, 0.25) is 10.0 Å². The van der Waals surface area contributed by atoms with E-state index in [1.54, 1.807) is 42.5 Å². The highest BCUT2D eigenvalue weighted by Gasteiger charge is 2.15. The van der Waals surface area contributed by atoms with Crippen LogP contribution in [0, 0.1) is 0 Å². The summed E-state index contributed by atoms with van der Waals surface area (Å²) >= 11 is 11.9. The van der Waals surface area contributed by atoms with E-state index in [1.807, 2.05) is 0 Å². The van der Waals surface area contributed by atoms with Gasteiger partial charge in [0.05, 0.1) is 16.1 Å². The Labute approximate surface area is 124 Å². The fraction of sp³-hybridized carbons (Fsp3) is 0. The maximum Gasteiger partial charge on any atom is 0.251 e. The monoisotopic (exact) mass is 306 g/mol. The minimum Gasteiger partial charge on any atom is -0.507 e. The van der Waals surface area contributed by atoms with Gasteiger partial charge in [0.25, 0.3) is 5.89 Å². The summed E-state index contributed by atoms with van der Waals surface area (Å²) < 4.78 is 5.55. The molecule has 0 saturated heterocycles. The van der Waals surface area contributed by atoms with Crippen molar-refractivity contribution in [2.75, 3.05) is 0 Å². The molecule has 1 aromatic heterocycles. The normalized spacial score (nSPS) is 10.7.